The Morgan fingerprint density at radius 3 is 2.36 bits per heavy atom. The number of hydrogen-bond acceptors (Lipinski definition) is 1. The smallest absolute Gasteiger partial charge is 0.221 e. The zero-order valence-corrected chi connectivity index (χ0v) is 10.2. The van der Waals surface area contributed by atoms with Crippen LogP contribution in [0, 0.1) is 0 Å². The fourth-order valence-corrected chi connectivity index (χ4v) is 1.36. The van der Waals surface area contributed by atoms with E-state index in [-0.39, 0.29) is 0 Å². The maximum absolute atomic E-state index is 4.42. The number of quaternary nitrogens is 1. The molecule has 0 bridgehead atoms. The van der Waals surface area contributed by atoms with Crippen molar-refractivity contribution < 1.29 is 9.16 Å². The monoisotopic (exact) mass is 198 g/mol. The van der Waals surface area contributed by atoms with Gasteiger partial charge in [-0.05, 0) is 13.8 Å². The Balaban J connectivity index is 2.88. The topological polar surface area (TPSA) is 21.7 Å². The van der Waals surface area contributed by atoms with Crippen LogP contribution in [0.2, 0.25) is 0 Å². The average molecular weight is 198 g/mol. The normalized spacial score (nSPS) is 12.5. The minimum atomic E-state index is 0.433. The largest absolute Gasteiger partial charge is 0.324 e. The van der Waals surface area contributed by atoms with Crippen molar-refractivity contribution in [2.45, 2.75) is 26.4 Å². The van der Waals surface area contributed by atoms with Crippen LogP contribution < -0.4 is 4.68 Å². The molecule has 0 N–H and O–H groups in total. The van der Waals surface area contributed by atoms with Crippen LogP contribution in [0.5, 0.6) is 0 Å². The lowest BCUT2D eigenvalue weighted by Gasteiger charge is -2.21. The Bertz CT molecular complexity index is 306. The molecular formula is C10H22N4+2. The molecule has 1 aromatic heterocycles. The van der Waals surface area contributed by atoms with Gasteiger partial charge in [0.1, 0.15) is 19.6 Å². The molecule has 0 radical (unpaired) electrons. The molecule has 80 valence electrons. The predicted octanol–water partition coefficient (Wildman–Crippen LogP) is 0.495. The van der Waals surface area contributed by atoms with Crippen molar-refractivity contribution in [2.24, 2.45) is 7.05 Å². The maximum atomic E-state index is 4.42. The molecule has 0 saturated carbocycles. The van der Waals surface area contributed by atoms with Crippen molar-refractivity contribution >= 4 is 0 Å². The molecule has 4 nitrogen and oxygen atoms in total. The molecule has 0 aliphatic heterocycles. The van der Waals surface area contributed by atoms with E-state index in [1.54, 1.807) is 0 Å². The van der Waals surface area contributed by atoms with E-state index in [1.807, 2.05) is 16.4 Å². The first kappa shape index (κ1) is 11.2. The summed E-state index contributed by atoms with van der Waals surface area (Å²) in [5.74, 6) is 0. The van der Waals surface area contributed by atoms with Gasteiger partial charge in [-0.25, -0.2) is 0 Å². The Morgan fingerprint density at radius 1 is 1.43 bits per heavy atom. The van der Waals surface area contributed by atoms with Gasteiger partial charge >= 0.3 is 0 Å². The number of rotatable bonds is 3. The number of aromatic nitrogens is 3. The summed E-state index contributed by atoms with van der Waals surface area (Å²) in [6.45, 7) is 5.29. The molecule has 0 fully saturated rings. The quantitative estimate of drug-likeness (QED) is 0.512. The van der Waals surface area contributed by atoms with Gasteiger partial charge in [-0.3, -0.25) is 0 Å². The molecule has 1 aromatic rings. The van der Waals surface area contributed by atoms with Crippen molar-refractivity contribution in [3.63, 3.8) is 0 Å². The molecule has 0 atom stereocenters. The second-order valence-corrected chi connectivity index (χ2v) is 5.16. The van der Waals surface area contributed by atoms with E-state index in [2.05, 4.69) is 46.4 Å². The van der Waals surface area contributed by atoms with E-state index in [0.29, 0.717) is 6.04 Å². The fourth-order valence-electron chi connectivity index (χ4n) is 1.36. The fraction of sp³-hybridized carbons (Fsp3) is 0.800. The van der Waals surface area contributed by atoms with Crippen molar-refractivity contribution in [3.8, 4) is 0 Å². The highest BCUT2D eigenvalue weighted by Gasteiger charge is 2.20. The summed E-state index contributed by atoms with van der Waals surface area (Å²) < 4.78 is 4.89. The second kappa shape index (κ2) is 3.69. The Labute approximate surface area is 86.3 Å². The van der Waals surface area contributed by atoms with Crippen LogP contribution in [0.1, 0.15) is 25.6 Å². The number of hydrogen-bond donors (Lipinski definition) is 0. The maximum Gasteiger partial charge on any atom is 0.221 e. The molecule has 0 aliphatic carbocycles. The highest BCUT2D eigenvalue weighted by atomic mass is 15.5. The SMILES string of the molecule is CC(C)[n+]1cc(C[N+](C)(C)C)n(C)n1. The molecule has 14 heavy (non-hydrogen) atoms. The third-order valence-electron chi connectivity index (χ3n) is 2.10. The van der Waals surface area contributed by atoms with Crippen LogP contribution in [-0.2, 0) is 13.6 Å². The first-order valence-electron chi connectivity index (χ1n) is 5.04. The van der Waals surface area contributed by atoms with Crippen molar-refractivity contribution in [3.05, 3.63) is 11.9 Å². The van der Waals surface area contributed by atoms with Crippen molar-refractivity contribution in [1.29, 1.82) is 0 Å². The predicted molar refractivity (Wildman–Crippen MR) is 55.5 cm³/mol. The minimum absolute atomic E-state index is 0.433. The summed E-state index contributed by atoms with van der Waals surface area (Å²) >= 11 is 0. The van der Waals surface area contributed by atoms with Gasteiger partial charge in [0.05, 0.1) is 26.4 Å². The van der Waals surface area contributed by atoms with Crippen molar-refractivity contribution in [1.82, 2.24) is 9.90 Å². The van der Waals surface area contributed by atoms with E-state index in [4.69, 9.17) is 0 Å². The lowest BCUT2D eigenvalue weighted by Crippen LogP contribution is -2.38. The first-order valence-corrected chi connectivity index (χ1v) is 5.04. The molecule has 1 rings (SSSR count). The van der Waals surface area contributed by atoms with E-state index in [1.165, 1.54) is 5.69 Å². The summed E-state index contributed by atoms with van der Waals surface area (Å²) in [4.78, 5) is 0. The van der Waals surface area contributed by atoms with Gasteiger partial charge in [0.15, 0.2) is 6.20 Å². The third kappa shape index (κ3) is 2.80. The second-order valence-electron chi connectivity index (χ2n) is 5.16. The van der Waals surface area contributed by atoms with Gasteiger partial charge in [-0.1, -0.05) is 0 Å². The average Bonchev–Trinajstić information content (AvgIpc) is 2.29. The van der Waals surface area contributed by atoms with Crippen molar-refractivity contribution in [2.75, 3.05) is 21.1 Å². The molecule has 1 heterocycles. The summed E-state index contributed by atoms with van der Waals surface area (Å²) in [5, 5.41) is 4.42. The van der Waals surface area contributed by atoms with Gasteiger partial charge in [-0.2, -0.15) is 0 Å². The summed E-state index contributed by atoms with van der Waals surface area (Å²) in [7, 11) is 8.57. The minimum Gasteiger partial charge on any atom is -0.324 e. The van der Waals surface area contributed by atoms with Crippen LogP contribution in [0.15, 0.2) is 6.20 Å². The molecule has 0 amide bonds. The summed E-state index contributed by atoms with van der Waals surface area (Å²) in [6, 6.07) is 0.433. The molecule has 0 spiro atoms. The number of aryl methyl sites for hydroxylation is 1. The summed E-state index contributed by atoms with van der Waals surface area (Å²) in [6.07, 6.45) is 2.13. The van der Waals surface area contributed by atoms with Gasteiger partial charge in [0, 0.05) is 0 Å². The van der Waals surface area contributed by atoms with E-state index in [9.17, 15) is 0 Å². The molecule has 4 heteroatoms. The van der Waals surface area contributed by atoms with Crippen LogP contribution >= 0.6 is 0 Å². The zero-order chi connectivity index (χ0) is 10.9. The van der Waals surface area contributed by atoms with E-state index >= 15 is 0 Å². The van der Waals surface area contributed by atoms with Crippen LogP contribution in [0.4, 0.5) is 0 Å². The van der Waals surface area contributed by atoms with Gasteiger partial charge < -0.3 is 4.48 Å². The molecule has 0 saturated heterocycles. The van der Waals surface area contributed by atoms with Gasteiger partial charge in [0.2, 0.25) is 5.69 Å². The lowest BCUT2D eigenvalue weighted by molar-refractivity contribution is -0.884. The Hall–Kier alpha value is -0.900. The first-order chi connectivity index (χ1) is 6.29. The van der Waals surface area contributed by atoms with E-state index in [0.717, 1.165) is 11.0 Å². The number of nitrogens with zero attached hydrogens (tertiary/aromatic N) is 4. The highest BCUT2D eigenvalue weighted by molar-refractivity contribution is 4.86. The Kier molecular flexibility index (Phi) is 2.95. The molecular weight excluding hydrogens is 176 g/mol. The zero-order valence-electron chi connectivity index (χ0n) is 10.2. The van der Waals surface area contributed by atoms with Gasteiger partial charge in [0.25, 0.3) is 0 Å². The van der Waals surface area contributed by atoms with Crippen LogP contribution in [0.25, 0.3) is 0 Å². The highest BCUT2D eigenvalue weighted by Crippen LogP contribution is 2.03. The summed E-state index contributed by atoms with van der Waals surface area (Å²) in [5.41, 5.74) is 1.27. The van der Waals surface area contributed by atoms with Crippen LogP contribution in [-0.4, -0.2) is 35.5 Å². The van der Waals surface area contributed by atoms with Crippen LogP contribution in [0.3, 0.4) is 0 Å². The lowest BCUT2D eigenvalue weighted by atomic mass is 10.3. The third-order valence-corrected chi connectivity index (χ3v) is 2.10. The van der Waals surface area contributed by atoms with Gasteiger partial charge in [-0.15, -0.1) is 9.36 Å². The molecule has 0 aromatic carbocycles. The standard InChI is InChI=1S/C10H22N4/c1-9(2)13-7-10(12(3)11-13)8-14(4,5)6/h7,9H,8H2,1-6H3/q+2. The Morgan fingerprint density at radius 2 is 2.00 bits per heavy atom. The molecule has 0 unspecified atom stereocenters. The van der Waals surface area contributed by atoms with E-state index < -0.39 is 0 Å². The molecule has 0 aliphatic rings.